The molecule has 2 heterocycles. The van der Waals surface area contributed by atoms with Gasteiger partial charge in [-0.05, 0) is 63.6 Å². The number of rotatable bonds is 5. The number of carbonyl (C=O) groups excluding carboxylic acids is 1. The summed E-state index contributed by atoms with van der Waals surface area (Å²) in [5.74, 6) is -1.48. The number of nitrogens with zero attached hydrogens (tertiary/aromatic N) is 3. The summed E-state index contributed by atoms with van der Waals surface area (Å²) in [4.78, 5) is 27.8. The molecule has 6 nitrogen and oxygen atoms in total. The first-order valence-corrected chi connectivity index (χ1v) is 12.2. The van der Waals surface area contributed by atoms with Gasteiger partial charge in [-0.1, -0.05) is 65.2 Å². The Morgan fingerprint density at radius 3 is 2.03 bits per heavy atom. The van der Waals surface area contributed by atoms with Crippen LogP contribution < -0.4 is 10.6 Å². The Kier molecular flexibility index (Phi) is 6.14. The third kappa shape index (κ3) is 4.07. The number of anilines is 1. The highest BCUT2D eigenvalue weighted by Crippen LogP contribution is 2.40. The Bertz CT molecular complexity index is 1530. The van der Waals surface area contributed by atoms with Gasteiger partial charge in [-0.25, -0.2) is 9.69 Å². The third-order valence-electron chi connectivity index (χ3n) is 6.75. The van der Waals surface area contributed by atoms with E-state index in [9.17, 15) is 9.59 Å². The van der Waals surface area contributed by atoms with Gasteiger partial charge in [-0.3, -0.25) is 14.7 Å². The average Bonchev–Trinajstić information content (AvgIpc) is 3.32. The number of aromatic amines is 1. The quantitative estimate of drug-likeness (QED) is 0.371. The van der Waals surface area contributed by atoms with Crippen molar-refractivity contribution in [2.45, 2.75) is 33.6 Å². The average molecular weight is 499 g/mol. The number of hydrazone groups is 1. The molecule has 0 saturated carbocycles. The van der Waals surface area contributed by atoms with E-state index >= 15 is 0 Å². The normalized spacial score (nSPS) is 16.4. The van der Waals surface area contributed by atoms with Crippen molar-refractivity contribution in [3.8, 4) is 5.69 Å². The fourth-order valence-electron chi connectivity index (χ4n) is 4.86. The number of hydrogen-bond donors (Lipinski definition) is 1. The van der Waals surface area contributed by atoms with Gasteiger partial charge in [0.05, 0.1) is 17.3 Å². The molecule has 2 atom stereocenters. The first-order valence-electron chi connectivity index (χ1n) is 11.8. The van der Waals surface area contributed by atoms with Crippen LogP contribution in [-0.4, -0.2) is 21.4 Å². The molecule has 4 aromatic rings. The van der Waals surface area contributed by atoms with Crippen molar-refractivity contribution < 1.29 is 4.79 Å². The van der Waals surface area contributed by atoms with Crippen molar-refractivity contribution in [1.29, 1.82) is 0 Å². The van der Waals surface area contributed by atoms with Gasteiger partial charge in [-0.15, -0.1) is 0 Å². The van der Waals surface area contributed by atoms with E-state index in [0.29, 0.717) is 33.2 Å². The first kappa shape index (κ1) is 23.8. The van der Waals surface area contributed by atoms with Crippen LogP contribution in [-0.2, 0) is 4.79 Å². The monoisotopic (exact) mass is 498 g/mol. The van der Waals surface area contributed by atoms with E-state index in [0.717, 1.165) is 16.8 Å². The predicted molar refractivity (Wildman–Crippen MR) is 144 cm³/mol. The molecule has 0 radical (unpaired) electrons. The number of aromatic nitrogens is 2. The third-order valence-corrected chi connectivity index (χ3v) is 7.10. The molecule has 3 aromatic carbocycles. The van der Waals surface area contributed by atoms with Crippen molar-refractivity contribution in [3.63, 3.8) is 0 Å². The van der Waals surface area contributed by atoms with E-state index in [1.807, 2.05) is 94.4 Å². The van der Waals surface area contributed by atoms with Gasteiger partial charge in [0.1, 0.15) is 0 Å². The molecule has 5 rings (SSSR count). The lowest BCUT2D eigenvalue weighted by Crippen LogP contribution is -2.34. The zero-order chi connectivity index (χ0) is 25.6. The fraction of sp³-hybridized carbons (Fsp3) is 0.207. The molecule has 182 valence electrons. The minimum Gasteiger partial charge on any atom is -0.295 e. The Morgan fingerprint density at radius 1 is 0.833 bits per heavy atom. The van der Waals surface area contributed by atoms with Gasteiger partial charge in [0.15, 0.2) is 0 Å². The van der Waals surface area contributed by atoms with Crippen LogP contribution in [0.3, 0.4) is 0 Å². The summed E-state index contributed by atoms with van der Waals surface area (Å²) < 4.78 is 1.53. The molecular formula is C29H27ClN4O2. The number of benzene rings is 3. The van der Waals surface area contributed by atoms with Crippen LogP contribution in [0, 0.1) is 26.7 Å². The topological polar surface area (TPSA) is 70.5 Å². The molecule has 7 heteroatoms. The summed E-state index contributed by atoms with van der Waals surface area (Å²) in [5.41, 5.74) is 5.92. The molecule has 2 unspecified atom stereocenters. The van der Waals surface area contributed by atoms with Crippen LogP contribution in [0.5, 0.6) is 0 Å². The second-order valence-electron chi connectivity index (χ2n) is 9.33. The Morgan fingerprint density at radius 2 is 1.42 bits per heavy atom. The van der Waals surface area contributed by atoms with Gasteiger partial charge in [0.2, 0.25) is 0 Å². The van der Waals surface area contributed by atoms with E-state index in [1.165, 1.54) is 9.69 Å². The van der Waals surface area contributed by atoms with E-state index in [4.69, 9.17) is 11.6 Å². The zero-order valence-corrected chi connectivity index (χ0v) is 21.4. The van der Waals surface area contributed by atoms with E-state index in [1.54, 1.807) is 6.07 Å². The number of nitrogens with one attached hydrogen (secondary N) is 1. The Hall–Kier alpha value is -3.90. The van der Waals surface area contributed by atoms with Crippen molar-refractivity contribution in [2.24, 2.45) is 11.0 Å². The maximum Gasteiger partial charge on any atom is 0.275 e. The highest BCUT2D eigenvalue weighted by Gasteiger charge is 2.44. The van der Waals surface area contributed by atoms with Gasteiger partial charge in [0.25, 0.3) is 11.5 Å². The van der Waals surface area contributed by atoms with E-state index in [2.05, 4.69) is 10.2 Å². The molecule has 0 fully saturated rings. The van der Waals surface area contributed by atoms with Gasteiger partial charge in [-0.2, -0.15) is 5.10 Å². The SMILES string of the molecule is CC1=NN(c2ccc(C)cc2)C(=O)C1C(c1ccccc1Cl)c1c(C)[nH]n(-c2ccc(C)cc2)c1=O. The number of carbonyl (C=O) groups is 1. The summed E-state index contributed by atoms with van der Waals surface area (Å²) in [5, 5.41) is 9.77. The van der Waals surface area contributed by atoms with Crippen LogP contribution in [0.2, 0.25) is 5.02 Å². The summed E-state index contributed by atoms with van der Waals surface area (Å²) in [6.45, 7) is 7.68. The van der Waals surface area contributed by atoms with Gasteiger partial charge in [0, 0.05) is 27.9 Å². The van der Waals surface area contributed by atoms with Crippen molar-refractivity contribution in [2.75, 3.05) is 5.01 Å². The van der Waals surface area contributed by atoms with Crippen LogP contribution in [0.4, 0.5) is 5.69 Å². The molecule has 1 amide bonds. The predicted octanol–water partition coefficient (Wildman–Crippen LogP) is 5.92. The second-order valence-corrected chi connectivity index (χ2v) is 9.74. The number of aryl methyl sites for hydroxylation is 3. The molecule has 1 aliphatic heterocycles. The Balaban J connectivity index is 1.66. The number of amides is 1. The molecule has 0 saturated heterocycles. The van der Waals surface area contributed by atoms with E-state index < -0.39 is 11.8 Å². The molecule has 1 aliphatic rings. The molecule has 0 bridgehead atoms. The second kappa shape index (κ2) is 9.28. The molecule has 0 aliphatic carbocycles. The summed E-state index contributed by atoms with van der Waals surface area (Å²) in [6.07, 6.45) is 0. The minimum atomic E-state index is -0.681. The smallest absolute Gasteiger partial charge is 0.275 e. The molecule has 36 heavy (non-hydrogen) atoms. The van der Waals surface area contributed by atoms with Crippen LogP contribution in [0.15, 0.2) is 82.7 Å². The largest absolute Gasteiger partial charge is 0.295 e. The van der Waals surface area contributed by atoms with Crippen LogP contribution >= 0.6 is 11.6 Å². The maximum atomic E-state index is 13.9. The highest BCUT2D eigenvalue weighted by molar-refractivity contribution is 6.31. The first-order chi connectivity index (χ1) is 17.3. The summed E-state index contributed by atoms with van der Waals surface area (Å²) in [6, 6.07) is 22.7. The molecule has 0 spiro atoms. The lowest BCUT2D eigenvalue weighted by Gasteiger charge is -2.24. The van der Waals surface area contributed by atoms with Crippen molar-refractivity contribution >= 4 is 28.9 Å². The standard InChI is InChI=1S/C29H27ClN4O2/c1-17-9-13-21(14-10-17)33-28(35)25(19(3)31-33)27(23-7-5-6-8-24(23)30)26-20(4)32-34(29(26)36)22-15-11-18(2)12-16-22/h5-16,25,27,32H,1-4H3. The summed E-state index contributed by atoms with van der Waals surface area (Å²) in [7, 11) is 0. The van der Waals surface area contributed by atoms with Crippen LogP contribution in [0.1, 0.15) is 40.8 Å². The molecule has 1 N–H and O–H groups in total. The van der Waals surface area contributed by atoms with E-state index in [-0.39, 0.29) is 11.5 Å². The fourth-order valence-corrected chi connectivity index (χ4v) is 5.12. The lowest BCUT2D eigenvalue weighted by molar-refractivity contribution is -0.120. The summed E-state index contributed by atoms with van der Waals surface area (Å²) >= 11 is 6.68. The maximum absolute atomic E-state index is 13.9. The van der Waals surface area contributed by atoms with Gasteiger partial charge >= 0.3 is 0 Å². The number of H-pyrrole nitrogens is 1. The number of hydrogen-bond acceptors (Lipinski definition) is 3. The minimum absolute atomic E-state index is 0.192. The number of halogens is 1. The highest BCUT2D eigenvalue weighted by atomic mass is 35.5. The molecule has 1 aromatic heterocycles. The van der Waals surface area contributed by atoms with Crippen molar-refractivity contribution in [1.82, 2.24) is 9.78 Å². The van der Waals surface area contributed by atoms with Gasteiger partial charge < -0.3 is 0 Å². The lowest BCUT2D eigenvalue weighted by atomic mass is 9.78. The van der Waals surface area contributed by atoms with Crippen LogP contribution in [0.25, 0.3) is 5.69 Å². The molecular weight excluding hydrogens is 472 g/mol. The zero-order valence-electron chi connectivity index (χ0n) is 20.6. The Labute approximate surface area is 214 Å². The van der Waals surface area contributed by atoms with Crippen molar-refractivity contribution in [3.05, 3.63) is 116 Å².